The zero-order valence-corrected chi connectivity index (χ0v) is 18.8. The molecule has 0 unspecified atom stereocenters. The third kappa shape index (κ3) is 6.54. The highest BCUT2D eigenvalue weighted by Gasteiger charge is 2.20. The van der Waals surface area contributed by atoms with E-state index < -0.39 is 0 Å². The lowest BCUT2D eigenvalue weighted by atomic mass is 10.1. The quantitative estimate of drug-likeness (QED) is 0.532. The number of ether oxygens (including phenoxy) is 2. The van der Waals surface area contributed by atoms with Crippen molar-refractivity contribution < 1.29 is 19.1 Å². The third-order valence-corrected chi connectivity index (χ3v) is 4.67. The van der Waals surface area contributed by atoms with Gasteiger partial charge in [-0.2, -0.15) is 0 Å². The van der Waals surface area contributed by atoms with Gasteiger partial charge < -0.3 is 19.7 Å². The fourth-order valence-electron chi connectivity index (χ4n) is 2.85. The summed E-state index contributed by atoms with van der Waals surface area (Å²) in [6.45, 7) is 6.91. The molecule has 0 fully saturated rings. The zero-order chi connectivity index (χ0) is 22.1. The van der Waals surface area contributed by atoms with Crippen molar-refractivity contribution in [3.8, 4) is 11.5 Å². The summed E-state index contributed by atoms with van der Waals surface area (Å²) in [4.78, 5) is 27.1. The van der Waals surface area contributed by atoms with Crippen molar-refractivity contribution in [3.05, 3.63) is 52.0 Å². The van der Waals surface area contributed by atoms with Gasteiger partial charge in [0.1, 0.15) is 6.54 Å². The van der Waals surface area contributed by atoms with Crippen LogP contribution in [0.5, 0.6) is 11.5 Å². The Balaban J connectivity index is 2.18. The second-order valence-electron chi connectivity index (χ2n) is 6.43. The first-order chi connectivity index (χ1) is 14.4. The number of hydrogen-bond acceptors (Lipinski definition) is 4. The number of nitrogens with one attached hydrogen (secondary N) is 1. The summed E-state index contributed by atoms with van der Waals surface area (Å²) in [6, 6.07) is 9.82. The molecule has 0 aromatic heterocycles. The van der Waals surface area contributed by atoms with Crippen LogP contribution in [-0.2, 0) is 4.79 Å². The van der Waals surface area contributed by atoms with Gasteiger partial charge >= 0.3 is 0 Å². The summed E-state index contributed by atoms with van der Waals surface area (Å²) in [5, 5.41) is 3.53. The monoisotopic (exact) mass is 452 g/mol. The Bertz CT molecular complexity index is 889. The predicted octanol–water partition coefficient (Wildman–Crippen LogP) is 5.28. The van der Waals surface area contributed by atoms with Crippen molar-refractivity contribution >= 4 is 40.7 Å². The van der Waals surface area contributed by atoms with Crippen LogP contribution in [-0.4, -0.2) is 43.0 Å². The molecule has 0 atom stereocenters. The maximum absolute atomic E-state index is 13.1. The standard InChI is InChI=1S/C22H26Cl2N2O4/c1-4-11-26(14-21(27)25-18-13-16(23)8-9-17(18)24)22(28)15-7-10-19(29-5-2)20(12-15)30-6-3/h7-10,12-13H,4-6,11,14H2,1-3H3,(H,25,27). The number of amides is 2. The number of nitrogens with zero attached hydrogens (tertiary/aromatic N) is 1. The Labute approximate surface area is 187 Å². The van der Waals surface area contributed by atoms with E-state index in [1.165, 1.54) is 4.90 Å². The van der Waals surface area contributed by atoms with Gasteiger partial charge in [0, 0.05) is 17.1 Å². The number of carbonyl (C=O) groups is 2. The molecule has 0 aliphatic rings. The molecule has 0 spiro atoms. The highest BCUT2D eigenvalue weighted by molar-refractivity contribution is 6.35. The Morgan fingerprint density at radius 1 is 0.967 bits per heavy atom. The SMILES string of the molecule is CCCN(CC(=O)Nc1cc(Cl)ccc1Cl)C(=O)c1ccc(OCC)c(OCC)c1. The number of benzene rings is 2. The molecular formula is C22H26Cl2N2O4. The van der Waals surface area contributed by atoms with Gasteiger partial charge in [0.2, 0.25) is 5.91 Å². The first-order valence-corrected chi connectivity index (χ1v) is 10.6. The van der Waals surface area contributed by atoms with Crippen LogP contribution in [0.15, 0.2) is 36.4 Å². The van der Waals surface area contributed by atoms with E-state index in [0.717, 1.165) is 0 Å². The fraction of sp³-hybridized carbons (Fsp3) is 0.364. The van der Waals surface area contributed by atoms with Crippen molar-refractivity contribution in [1.29, 1.82) is 0 Å². The Morgan fingerprint density at radius 3 is 2.33 bits per heavy atom. The van der Waals surface area contributed by atoms with E-state index in [-0.39, 0.29) is 18.4 Å². The molecule has 2 aromatic rings. The van der Waals surface area contributed by atoms with E-state index in [1.54, 1.807) is 36.4 Å². The van der Waals surface area contributed by atoms with Crippen molar-refractivity contribution in [3.63, 3.8) is 0 Å². The molecule has 0 saturated heterocycles. The molecule has 2 rings (SSSR count). The fourth-order valence-corrected chi connectivity index (χ4v) is 3.18. The Morgan fingerprint density at radius 2 is 1.67 bits per heavy atom. The van der Waals surface area contributed by atoms with Gasteiger partial charge in [-0.05, 0) is 56.7 Å². The van der Waals surface area contributed by atoms with Crippen LogP contribution < -0.4 is 14.8 Å². The maximum Gasteiger partial charge on any atom is 0.254 e. The molecule has 0 aliphatic heterocycles. The van der Waals surface area contributed by atoms with Crippen LogP contribution in [0.3, 0.4) is 0 Å². The summed E-state index contributed by atoms with van der Waals surface area (Å²) in [5.74, 6) is 0.438. The van der Waals surface area contributed by atoms with Crippen LogP contribution in [0.2, 0.25) is 10.0 Å². The average molecular weight is 453 g/mol. The van der Waals surface area contributed by atoms with Crippen molar-refractivity contribution in [1.82, 2.24) is 4.90 Å². The summed E-state index contributed by atoms with van der Waals surface area (Å²) in [5.41, 5.74) is 0.821. The van der Waals surface area contributed by atoms with Gasteiger partial charge in [-0.1, -0.05) is 30.1 Å². The second-order valence-corrected chi connectivity index (χ2v) is 7.27. The number of carbonyl (C=O) groups excluding carboxylic acids is 2. The third-order valence-electron chi connectivity index (χ3n) is 4.11. The number of rotatable bonds is 10. The largest absolute Gasteiger partial charge is 0.490 e. The molecule has 162 valence electrons. The van der Waals surface area contributed by atoms with E-state index >= 15 is 0 Å². The van der Waals surface area contributed by atoms with Gasteiger partial charge in [-0.25, -0.2) is 0 Å². The van der Waals surface area contributed by atoms with Crippen LogP contribution in [0.1, 0.15) is 37.6 Å². The minimum Gasteiger partial charge on any atom is -0.490 e. The summed E-state index contributed by atoms with van der Waals surface area (Å²) >= 11 is 12.1. The molecule has 0 heterocycles. The number of anilines is 1. The smallest absolute Gasteiger partial charge is 0.254 e. The molecule has 2 aromatic carbocycles. The number of hydrogen-bond donors (Lipinski definition) is 1. The molecular weight excluding hydrogens is 427 g/mol. The first-order valence-electron chi connectivity index (χ1n) is 9.83. The molecule has 2 amide bonds. The lowest BCUT2D eigenvalue weighted by molar-refractivity contribution is -0.116. The molecule has 0 saturated carbocycles. The highest BCUT2D eigenvalue weighted by Crippen LogP contribution is 2.29. The molecule has 30 heavy (non-hydrogen) atoms. The van der Waals surface area contributed by atoms with Crippen LogP contribution in [0.4, 0.5) is 5.69 Å². The minimum absolute atomic E-state index is 0.118. The van der Waals surface area contributed by atoms with E-state index in [0.29, 0.717) is 59.0 Å². The molecule has 0 bridgehead atoms. The van der Waals surface area contributed by atoms with E-state index in [1.807, 2.05) is 20.8 Å². The van der Waals surface area contributed by atoms with Crippen molar-refractivity contribution in [2.75, 3.05) is 31.6 Å². The average Bonchev–Trinajstić information content (AvgIpc) is 2.71. The molecule has 8 heteroatoms. The van der Waals surface area contributed by atoms with E-state index in [4.69, 9.17) is 32.7 Å². The zero-order valence-electron chi connectivity index (χ0n) is 17.3. The molecule has 0 radical (unpaired) electrons. The topological polar surface area (TPSA) is 67.9 Å². The van der Waals surface area contributed by atoms with Crippen molar-refractivity contribution in [2.24, 2.45) is 0 Å². The van der Waals surface area contributed by atoms with Gasteiger partial charge in [0.25, 0.3) is 5.91 Å². The summed E-state index contributed by atoms with van der Waals surface area (Å²) in [6.07, 6.45) is 0.701. The van der Waals surface area contributed by atoms with E-state index in [2.05, 4.69) is 5.32 Å². The van der Waals surface area contributed by atoms with E-state index in [9.17, 15) is 9.59 Å². The highest BCUT2D eigenvalue weighted by atomic mass is 35.5. The van der Waals surface area contributed by atoms with Gasteiger partial charge in [-0.3, -0.25) is 9.59 Å². The number of halogens is 2. The normalized spacial score (nSPS) is 10.4. The Kier molecular flexibility index (Phi) is 9.27. The molecule has 6 nitrogen and oxygen atoms in total. The first kappa shape index (κ1) is 23.8. The summed E-state index contributed by atoms with van der Waals surface area (Å²) in [7, 11) is 0. The van der Waals surface area contributed by atoms with Crippen molar-refractivity contribution in [2.45, 2.75) is 27.2 Å². The lowest BCUT2D eigenvalue weighted by Crippen LogP contribution is -2.38. The molecule has 1 N–H and O–H groups in total. The minimum atomic E-state index is -0.364. The van der Waals surface area contributed by atoms with Crippen LogP contribution >= 0.6 is 23.2 Å². The predicted molar refractivity (Wildman–Crippen MR) is 120 cm³/mol. The second kappa shape index (κ2) is 11.7. The Hall–Kier alpha value is -2.44. The van der Waals surface area contributed by atoms with Crippen LogP contribution in [0.25, 0.3) is 0 Å². The van der Waals surface area contributed by atoms with Gasteiger partial charge in [-0.15, -0.1) is 0 Å². The maximum atomic E-state index is 13.1. The van der Waals surface area contributed by atoms with Crippen LogP contribution in [0, 0.1) is 0 Å². The lowest BCUT2D eigenvalue weighted by Gasteiger charge is -2.22. The van der Waals surface area contributed by atoms with Gasteiger partial charge in [0.15, 0.2) is 11.5 Å². The van der Waals surface area contributed by atoms with Gasteiger partial charge in [0.05, 0.1) is 23.9 Å². The summed E-state index contributed by atoms with van der Waals surface area (Å²) < 4.78 is 11.1. The molecule has 0 aliphatic carbocycles.